The largest absolute Gasteiger partial charge is 0.504 e. The standard InChI is InChI=1S/C9H9ClO2/c1-2-7(10)6-3-4-8(11)9(12)5-6/h2-5,7,11-12H,1H2. The number of hydrogen-bond donors (Lipinski definition) is 2. The Morgan fingerprint density at radius 2 is 2.00 bits per heavy atom. The zero-order chi connectivity index (χ0) is 9.14. The van der Waals surface area contributed by atoms with Crippen LogP contribution in [0.4, 0.5) is 0 Å². The van der Waals surface area contributed by atoms with E-state index in [4.69, 9.17) is 21.8 Å². The Bertz CT molecular complexity index is 297. The van der Waals surface area contributed by atoms with Crippen molar-refractivity contribution in [2.24, 2.45) is 0 Å². The number of benzene rings is 1. The molecular weight excluding hydrogens is 176 g/mol. The highest BCUT2D eigenvalue weighted by molar-refractivity contribution is 6.21. The van der Waals surface area contributed by atoms with Crippen molar-refractivity contribution in [3.05, 3.63) is 36.4 Å². The van der Waals surface area contributed by atoms with Gasteiger partial charge >= 0.3 is 0 Å². The SMILES string of the molecule is C=CC(Cl)c1ccc(O)c(O)c1. The van der Waals surface area contributed by atoms with Crippen LogP contribution < -0.4 is 0 Å². The molecule has 0 spiro atoms. The number of phenols is 2. The van der Waals surface area contributed by atoms with Crippen LogP contribution in [-0.4, -0.2) is 10.2 Å². The summed E-state index contributed by atoms with van der Waals surface area (Å²) in [6, 6.07) is 4.44. The fraction of sp³-hybridized carbons (Fsp3) is 0.111. The Hall–Kier alpha value is -1.15. The highest BCUT2D eigenvalue weighted by atomic mass is 35.5. The van der Waals surface area contributed by atoms with Crippen LogP contribution in [0, 0.1) is 0 Å². The molecular formula is C9H9ClO2. The summed E-state index contributed by atoms with van der Waals surface area (Å²) in [7, 11) is 0. The molecule has 1 unspecified atom stereocenters. The van der Waals surface area contributed by atoms with Crippen molar-refractivity contribution in [2.45, 2.75) is 5.38 Å². The van der Waals surface area contributed by atoms with Crippen LogP contribution in [0.2, 0.25) is 0 Å². The summed E-state index contributed by atoms with van der Waals surface area (Å²) in [5.74, 6) is -0.313. The van der Waals surface area contributed by atoms with E-state index >= 15 is 0 Å². The van der Waals surface area contributed by atoms with Crippen molar-refractivity contribution in [2.75, 3.05) is 0 Å². The normalized spacial score (nSPS) is 12.4. The van der Waals surface area contributed by atoms with E-state index in [9.17, 15) is 0 Å². The lowest BCUT2D eigenvalue weighted by Crippen LogP contribution is -1.84. The lowest BCUT2D eigenvalue weighted by atomic mass is 10.1. The molecule has 1 aromatic rings. The van der Waals surface area contributed by atoms with Gasteiger partial charge in [-0.05, 0) is 17.7 Å². The topological polar surface area (TPSA) is 40.5 Å². The van der Waals surface area contributed by atoms with Gasteiger partial charge in [-0.1, -0.05) is 12.1 Å². The summed E-state index contributed by atoms with van der Waals surface area (Å²) in [6.07, 6.45) is 1.55. The van der Waals surface area contributed by atoms with Gasteiger partial charge in [-0.3, -0.25) is 0 Å². The van der Waals surface area contributed by atoms with E-state index in [1.165, 1.54) is 12.1 Å². The predicted molar refractivity (Wildman–Crippen MR) is 48.6 cm³/mol. The maximum atomic E-state index is 9.10. The van der Waals surface area contributed by atoms with Crippen molar-refractivity contribution >= 4 is 11.6 Å². The number of aromatic hydroxyl groups is 2. The minimum Gasteiger partial charge on any atom is -0.504 e. The highest BCUT2D eigenvalue weighted by Crippen LogP contribution is 2.30. The van der Waals surface area contributed by atoms with Gasteiger partial charge in [0, 0.05) is 0 Å². The minimum atomic E-state index is -0.337. The van der Waals surface area contributed by atoms with Gasteiger partial charge in [0.1, 0.15) is 0 Å². The van der Waals surface area contributed by atoms with Gasteiger partial charge in [0.25, 0.3) is 0 Å². The summed E-state index contributed by atoms with van der Waals surface area (Å²) in [5, 5.41) is 17.7. The van der Waals surface area contributed by atoms with Crippen LogP contribution in [0.3, 0.4) is 0 Å². The van der Waals surface area contributed by atoms with Gasteiger partial charge in [0.2, 0.25) is 0 Å². The highest BCUT2D eigenvalue weighted by Gasteiger charge is 2.05. The Morgan fingerprint density at radius 1 is 1.33 bits per heavy atom. The monoisotopic (exact) mass is 184 g/mol. The number of phenolic OH excluding ortho intramolecular Hbond substituents is 2. The number of hydrogen-bond acceptors (Lipinski definition) is 2. The zero-order valence-corrected chi connectivity index (χ0v) is 7.12. The molecule has 12 heavy (non-hydrogen) atoms. The summed E-state index contributed by atoms with van der Waals surface area (Å²) < 4.78 is 0. The zero-order valence-electron chi connectivity index (χ0n) is 6.37. The molecule has 0 aliphatic carbocycles. The fourth-order valence-corrected chi connectivity index (χ4v) is 0.984. The van der Waals surface area contributed by atoms with E-state index in [2.05, 4.69) is 6.58 Å². The first-order chi connectivity index (χ1) is 5.65. The molecule has 64 valence electrons. The van der Waals surface area contributed by atoms with Gasteiger partial charge < -0.3 is 10.2 Å². The lowest BCUT2D eigenvalue weighted by molar-refractivity contribution is 0.403. The average Bonchev–Trinajstić information content (AvgIpc) is 2.08. The molecule has 0 fully saturated rings. The second kappa shape index (κ2) is 3.50. The number of rotatable bonds is 2. The van der Waals surface area contributed by atoms with E-state index < -0.39 is 0 Å². The third-order valence-electron chi connectivity index (χ3n) is 1.52. The summed E-state index contributed by atoms with van der Waals surface area (Å²) >= 11 is 5.80. The molecule has 1 atom stereocenters. The Kier molecular flexibility index (Phi) is 2.61. The molecule has 0 bridgehead atoms. The van der Waals surface area contributed by atoms with E-state index in [1.807, 2.05) is 0 Å². The molecule has 0 saturated carbocycles. The van der Waals surface area contributed by atoms with Crippen LogP contribution >= 0.6 is 11.6 Å². The second-order valence-electron chi connectivity index (χ2n) is 2.39. The Morgan fingerprint density at radius 3 is 2.50 bits per heavy atom. The van der Waals surface area contributed by atoms with E-state index in [1.54, 1.807) is 12.1 Å². The molecule has 3 heteroatoms. The van der Waals surface area contributed by atoms with Crippen LogP contribution in [0.5, 0.6) is 11.5 Å². The Labute approximate surface area is 75.7 Å². The first-order valence-corrected chi connectivity index (χ1v) is 3.87. The molecule has 0 aromatic heterocycles. The smallest absolute Gasteiger partial charge is 0.157 e. The quantitative estimate of drug-likeness (QED) is 0.421. The second-order valence-corrected chi connectivity index (χ2v) is 2.86. The molecule has 0 saturated heterocycles. The average molecular weight is 185 g/mol. The van der Waals surface area contributed by atoms with Crippen molar-refractivity contribution < 1.29 is 10.2 Å². The molecule has 0 radical (unpaired) electrons. The van der Waals surface area contributed by atoms with Crippen LogP contribution in [-0.2, 0) is 0 Å². The molecule has 0 aliphatic heterocycles. The van der Waals surface area contributed by atoms with Crippen LogP contribution in [0.25, 0.3) is 0 Å². The maximum absolute atomic E-state index is 9.10. The third-order valence-corrected chi connectivity index (χ3v) is 1.95. The van der Waals surface area contributed by atoms with Crippen molar-refractivity contribution in [3.8, 4) is 11.5 Å². The molecule has 0 amide bonds. The number of allylic oxidation sites excluding steroid dienone is 1. The van der Waals surface area contributed by atoms with Crippen LogP contribution in [0.1, 0.15) is 10.9 Å². The van der Waals surface area contributed by atoms with Crippen molar-refractivity contribution in [3.63, 3.8) is 0 Å². The van der Waals surface area contributed by atoms with Crippen molar-refractivity contribution in [1.82, 2.24) is 0 Å². The van der Waals surface area contributed by atoms with Gasteiger partial charge in [-0.25, -0.2) is 0 Å². The Balaban J connectivity index is 3.04. The summed E-state index contributed by atoms with van der Waals surface area (Å²) in [4.78, 5) is 0. The number of alkyl halides is 1. The van der Waals surface area contributed by atoms with Gasteiger partial charge in [0.05, 0.1) is 5.38 Å². The van der Waals surface area contributed by atoms with E-state index in [0.717, 1.165) is 0 Å². The molecule has 1 rings (SSSR count). The summed E-state index contributed by atoms with van der Waals surface area (Å²) in [5.41, 5.74) is 0.710. The first kappa shape index (κ1) is 8.94. The first-order valence-electron chi connectivity index (χ1n) is 3.43. The molecule has 0 heterocycles. The van der Waals surface area contributed by atoms with E-state index in [0.29, 0.717) is 5.56 Å². The predicted octanol–water partition coefficient (Wildman–Crippen LogP) is 2.56. The molecule has 1 aromatic carbocycles. The molecule has 0 aliphatic rings. The minimum absolute atomic E-state index is 0.147. The number of halogens is 1. The van der Waals surface area contributed by atoms with E-state index in [-0.39, 0.29) is 16.9 Å². The van der Waals surface area contributed by atoms with Crippen LogP contribution in [0.15, 0.2) is 30.9 Å². The third kappa shape index (κ3) is 1.71. The molecule has 2 nitrogen and oxygen atoms in total. The lowest BCUT2D eigenvalue weighted by Gasteiger charge is -2.05. The van der Waals surface area contributed by atoms with Gasteiger partial charge in [-0.15, -0.1) is 18.2 Å². The van der Waals surface area contributed by atoms with Gasteiger partial charge in [0.15, 0.2) is 11.5 Å². The van der Waals surface area contributed by atoms with Crippen molar-refractivity contribution in [1.29, 1.82) is 0 Å². The fourth-order valence-electron chi connectivity index (χ4n) is 0.848. The van der Waals surface area contributed by atoms with Gasteiger partial charge in [-0.2, -0.15) is 0 Å². The summed E-state index contributed by atoms with van der Waals surface area (Å²) in [6.45, 7) is 3.51. The molecule has 2 N–H and O–H groups in total. The maximum Gasteiger partial charge on any atom is 0.157 e.